The SMILES string of the molecule is Cc1ccc(/C=C/C(=O)c2ccc(Nc3ccccc3)cc2)cc1. The summed E-state index contributed by atoms with van der Waals surface area (Å²) in [5.41, 5.74) is 4.89. The van der Waals surface area contributed by atoms with E-state index >= 15 is 0 Å². The molecule has 0 aliphatic rings. The van der Waals surface area contributed by atoms with Crippen LogP contribution in [0.3, 0.4) is 0 Å². The Morgan fingerprint density at radius 2 is 1.42 bits per heavy atom. The van der Waals surface area contributed by atoms with E-state index in [-0.39, 0.29) is 5.78 Å². The number of carbonyl (C=O) groups excluding carboxylic acids is 1. The molecule has 0 radical (unpaired) electrons. The third-order valence-corrected chi connectivity index (χ3v) is 3.74. The summed E-state index contributed by atoms with van der Waals surface area (Å²) in [6, 6.07) is 25.5. The second-order valence-corrected chi connectivity index (χ2v) is 5.68. The van der Waals surface area contributed by atoms with Crippen molar-refractivity contribution in [2.24, 2.45) is 0 Å². The van der Waals surface area contributed by atoms with Crippen molar-refractivity contribution in [1.29, 1.82) is 0 Å². The van der Waals surface area contributed by atoms with Gasteiger partial charge in [-0.1, -0.05) is 54.1 Å². The van der Waals surface area contributed by atoms with Gasteiger partial charge in [-0.3, -0.25) is 4.79 Å². The van der Waals surface area contributed by atoms with Gasteiger partial charge in [-0.25, -0.2) is 0 Å². The monoisotopic (exact) mass is 313 g/mol. The van der Waals surface area contributed by atoms with Gasteiger partial charge in [0.1, 0.15) is 0 Å². The molecule has 3 aromatic carbocycles. The molecule has 2 heteroatoms. The molecule has 0 fully saturated rings. The molecule has 0 unspecified atom stereocenters. The Bertz CT molecular complexity index is 831. The van der Waals surface area contributed by atoms with E-state index in [4.69, 9.17) is 0 Å². The lowest BCUT2D eigenvalue weighted by Crippen LogP contribution is -1.95. The van der Waals surface area contributed by atoms with Gasteiger partial charge in [0, 0.05) is 16.9 Å². The van der Waals surface area contributed by atoms with Crippen molar-refractivity contribution in [1.82, 2.24) is 0 Å². The summed E-state index contributed by atoms with van der Waals surface area (Å²) >= 11 is 0. The number of benzene rings is 3. The molecule has 0 spiro atoms. The Labute approximate surface area is 142 Å². The molecule has 0 heterocycles. The Morgan fingerprint density at radius 3 is 2.08 bits per heavy atom. The number of allylic oxidation sites excluding steroid dienone is 1. The number of ketones is 1. The number of para-hydroxylation sites is 1. The van der Waals surface area contributed by atoms with E-state index in [2.05, 4.69) is 5.32 Å². The molecule has 0 atom stereocenters. The lowest BCUT2D eigenvalue weighted by molar-refractivity contribution is 0.104. The van der Waals surface area contributed by atoms with Crippen molar-refractivity contribution in [3.63, 3.8) is 0 Å². The van der Waals surface area contributed by atoms with Gasteiger partial charge in [-0.15, -0.1) is 0 Å². The van der Waals surface area contributed by atoms with Crippen LogP contribution in [0.1, 0.15) is 21.5 Å². The number of anilines is 2. The molecule has 1 N–H and O–H groups in total. The standard InChI is InChI=1S/C22H19NO/c1-17-7-9-18(10-8-17)11-16-22(24)19-12-14-21(15-13-19)23-20-5-3-2-4-6-20/h2-16,23H,1H3/b16-11+. The Balaban J connectivity index is 1.66. The van der Waals surface area contributed by atoms with Gasteiger partial charge >= 0.3 is 0 Å². The molecule has 0 aliphatic carbocycles. The van der Waals surface area contributed by atoms with Crippen LogP contribution in [0.4, 0.5) is 11.4 Å². The average Bonchev–Trinajstić information content (AvgIpc) is 2.62. The van der Waals surface area contributed by atoms with Crippen LogP contribution in [0.2, 0.25) is 0 Å². The van der Waals surface area contributed by atoms with Crippen LogP contribution in [0, 0.1) is 6.92 Å². The van der Waals surface area contributed by atoms with Crippen molar-refractivity contribution in [3.05, 3.63) is 102 Å². The van der Waals surface area contributed by atoms with Crippen LogP contribution < -0.4 is 5.32 Å². The minimum absolute atomic E-state index is 0.00170. The first-order valence-electron chi connectivity index (χ1n) is 7.92. The smallest absolute Gasteiger partial charge is 0.185 e. The first kappa shape index (κ1) is 15.8. The first-order valence-corrected chi connectivity index (χ1v) is 7.92. The Kier molecular flexibility index (Phi) is 4.87. The van der Waals surface area contributed by atoms with Crippen LogP contribution >= 0.6 is 0 Å². The summed E-state index contributed by atoms with van der Waals surface area (Å²) in [4.78, 5) is 12.2. The zero-order chi connectivity index (χ0) is 16.8. The number of hydrogen-bond donors (Lipinski definition) is 1. The summed E-state index contributed by atoms with van der Waals surface area (Å²) in [7, 11) is 0. The molecule has 0 amide bonds. The van der Waals surface area contributed by atoms with Gasteiger partial charge in [-0.05, 0) is 55.0 Å². The van der Waals surface area contributed by atoms with Crippen molar-refractivity contribution in [2.45, 2.75) is 6.92 Å². The number of nitrogens with one attached hydrogen (secondary N) is 1. The van der Waals surface area contributed by atoms with Gasteiger partial charge in [-0.2, -0.15) is 0 Å². The number of rotatable bonds is 5. The second kappa shape index (κ2) is 7.42. The molecule has 3 rings (SSSR count). The second-order valence-electron chi connectivity index (χ2n) is 5.68. The molecule has 0 aromatic heterocycles. The summed E-state index contributed by atoms with van der Waals surface area (Å²) in [6.45, 7) is 2.05. The van der Waals surface area contributed by atoms with Gasteiger partial charge < -0.3 is 5.32 Å². The predicted molar refractivity (Wildman–Crippen MR) is 101 cm³/mol. The minimum Gasteiger partial charge on any atom is -0.356 e. The van der Waals surface area contributed by atoms with E-state index in [1.54, 1.807) is 6.08 Å². The van der Waals surface area contributed by atoms with Crippen molar-refractivity contribution in [3.8, 4) is 0 Å². The zero-order valence-electron chi connectivity index (χ0n) is 13.6. The highest BCUT2D eigenvalue weighted by Crippen LogP contribution is 2.17. The summed E-state index contributed by atoms with van der Waals surface area (Å²) in [5.74, 6) is 0.00170. The van der Waals surface area contributed by atoms with Crippen LogP contribution in [-0.2, 0) is 0 Å². The van der Waals surface area contributed by atoms with Crippen molar-refractivity contribution in [2.75, 3.05) is 5.32 Å². The highest BCUT2D eigenvalue weighted by atomic mass is 16.1. The average molecular weight is 313 g/mol. The van der Waals surface area contributed by atoms with Crippen molar-refractivity contribution >= 4 is 23.2 Å². The normalized spacial score (nSPS) is 10.7. The third-order valence-electron chi connectivity index (χ3n) is 3.74. The molecule has 0 bridgehead atoms. The van der Waals surface area contributed by atoms with E-state index in [1.807, 2.05) is 91.9 Å². The number of hydrogen-bond acceptors (Lipinski definition) is 2. The largest absolute Gasteiger partial charge is 0.356 e. The maximum absolute atomic E-state index is 12.2. The quantitative estimate of drug-likeness (QED) is 0.488. The lowest BCUT2D eigenvalue weighted by Gasteiger charge is -2.06. The molecule has 0 aliphatic heterocycles. The van der Waals surface area contributed by atoms with Crippen molar-refractivity contribution < 1.29 is 4.79 Å². The highest BCUT2D eigenvalue weighted by Gasteiger charge is 2.02. The molecule has 24 heavy (non-hydrogen) atoms. The maximum atomic E-state index is 12.2. The van der Waals surface area contributed by atoms with Gasteiger partial charge in [0.2, 0.25) is 0 Å². The van der Waals surface area contributed by atoms with Crippen LogP contribution in [0.15, 0.2) is 84.9 Å². The zero-order valence-corrected chi connectivity index (χ0v) is 13.6. The predicted octanol–water partition coefficient (Wildman–Crippen LogP) is 5.63. The molecule has 3 aromatic rings. The van der Waals surface area contributed by atoms with Crippen LogP contribution in [-0.4, -0.2) is 5.78 Å². The van der Waals surface area contributed by atoms with E-state index in [1.165, 1.54) is 5.56 Å². The van der Waals surface area contributed by atoms with Crippen LogP contribution in [0.5, 0.6) is 0 Å². The molecular formula is C22H19NO. The Hall–Kier alpha value is -3.13. The van der Waals surface area contributed by atoms with E-state index in [0.717, 1.165) is 16.9 Å². The number of aryl methyl sites for hydroxylation is 1. The first-order chi connectivity index (χ1) is 11.7. The minimum atomic E-state index is 0.00170. The summed E-state index contributed by atoms with van der Waals surface area (Å²) in [5, 5.41) is 3.30. The number of carbonyl (C=O) groups is 1. The Morgan fingerprint density at radius 1 is 0.792 bits per heavy atom. The van der Waals surface area contributed by atoms with Gasteiger partial charge in [0.05, 0.1) is 0 Å². The highest BCUT2D eigenvalue weighted by molar-refractivity contribution is 6.07. The van der Waals surface area contributed by atoms with E-state index in [0.29, 0.717) is 5.56 Å². The topological polar surface area (TPSA) is 29.1 Å². The fraction of sp³-hybridized carbons (Fsp3) is 0.0455. The molecule has 118 valence electrons. The van der Waals surface area contributed by atoms with E-state index < -0.39 is 0 Å². The van der Waals surface area contributed by atoms with E-state index in [9.17, 15) is 4.79 Å². The van der Waals surface area contributed by atoms with Crippen LogP contribution in [0.25, 0.3) is 6.08 Å². The molecule has 2 nitrogen and oxygen atoms in total. The van der Waals surface area contributed by atoms with Gasteiger partial charge in [0.25, 0.3) is 0 Å². The fourth-order valence-electron chi connectivity index (χ4n) is 2.35. The fourth-order valence-corrected chi connectivity index (χ4v) is 2.35. The lowest BCUT2D eigenvalue weighted by atomic mass is 10.1. The van der Waals surface area contributed by atoms with Gasteiger partial charge in [0.15, 0.2) is 5.78 Å². The maximum Gasteiger partial charge on any atom is 0.185 e. The summed E-state index contributed by atoms with van der Waals surface area (Å²) in [6.07, 6.45) is 3.46. The molecular weight excluding hydrogens is 294 g/mol. The third kappa shape index (κ3) is 4.20. The molecule has 0 saturated carbocycles. The summed E-state index contributed by atoms with van der Waals surface area (Å²) < 4.78 is 0. The molecule has 0 saturated heterocycles.